The fourth-order valence-electron chi connectivity index (χ4n) is 1.95. The molecule has 2 aliphatic heterocycles. The van der Waals surface area contributed by atoms with E-state index >= 15 is 0 Å². The molecule has 2 aliphatic rings. The van der Waals surface area contributed by atoms with Gasteiger partial charge in [-0.05, 0) is 12.8 Å². The molecule has 2 saturated heterocycles. The Morgan fingerprint density at radius 2 is 2.43 bits per heavy atom. The largest absolute Gasteiger partial charge is 0.389 e. The Morgan fingerprint density at radius 3 is 3.14 bits per heavy atom. The molecule has 0 aromatic heterocycles. The highest BCUT2D eigenvalue weighted by Crippen LogP contribution is 2.18. The third-order valence-corrected chi connectivity index (χ3v) is 2.69. The monoisotopic (exact) mass is 200 g/mol. The SMILES string of the molecule is O=C1CC(N2C[C@H](O)CO2)CCCN1. The first-order valence-corrected chi connectivity index (χ1v) is 5.10. The van der Waals surface area contributed by atoms with E-state index in [0.717, 1.165) is 19.4 Å². The zero-order valence-corrected chi connectivity index (χ0v) is 8.11. The standard InChI is InChI=1S/C9H16N2O3/c12-8-5-11(14-6-8)7-2-1-3-10-9(13)4-7/h7-8,12H,1-6H2,(H,10,13)/t7?,8-/m0/s1. The number of carbonyl (C=O) groups excluding carboxylic acids is 1. The molecule has 14 heavy (non-hydrogen) atoms. The molecular weight excluding hydrogens is 184 g/mol. The molecule has 0 spiro atoms. The van der Waals surface area contributed by atoms with E-state index in [0.29, 0.717) is 19.6 Å². The first-order valence-electron chi connectivity index (χ1n) is 5.10. The second-order valence-corrected chi connectivity index (χ2v) is 3.90. The van der Waals surface area contributed by atoms with Crippen molar-refractivity contribution < 1.29 is 14.7 Å². The van der Waals surface area contributed by atoms with Crippen LogP contribution in [0.3, 0.4) is 0 Å². The average molecular weight is 200 g/mol. The van der Waals surface area contributed by atoms with Crippen molar-refractivity contribution in [2.75, 3.05) is 19.7 Å². The van der Waals surface area contributed by atoms with Crippen LogP contribution in [0.1, 0.15) is 19.3 Å². The van der Waals surface area contributed by atoms with Gasteiger partial charge in [0.2, 0.25) is 5.91 Å². The first kappa shape index (κ1) is 9.89. The number of aliphatic hydroxyl groups excluding tert-OH is 1. The molecule has 5 heteroatoms. The van der Waals surface area contributed by atoms with Crippen LogP contribution in [0, 0.1) is 0 Å². The van der Waals surface area contributed by atoms with Gasteiger partial charge < -0.3 is 10.4 Å². The Hall–Kier alpha value is -0.650. The summed E-state index contributed by atoms with van der Waals surface area (Å²) in [6.45, 7) is 1.64. The van der Waals surface area contributed by atoms with Gasteiger partial charge in [-0.3, -0.25) is 9.63 Å². The lowest BCUT2D eigenvalue weighted by molar-refractivity contribution is -0.149. The van der Waals surface area contributed by atoms with Gasteiger partial charge >= 0.3 is 0 Å². The van der Waals surface area contributed by atoms with Crippen LogP contribution in [0.5, 0.6) is 0 Å². The average Bonchev–Trinajstić information content (AvgIpc) is 2.45. The van der Waals surface area contributed by atoms with Crippen LogP contribution < -0.4 is 5.32 Å². The van der Waals surface area contributed by atoms with Crippen molar-refractivity contribution in [2.24, 2.45) is 0 Å². The Kier molecular flexibility index (Phi) is 3.00. The number of hydrogen-bond acceptors (Lipinski definition) is 4. The Morgan fingerprint density at radius 1 is 1.57 bits per heavy atom. The van der Waals surface area contributed by atoms with Crippen LogP contribution in [0.25, 0.3) is 0 Å². The van der Waals surface area contributed by atoms with Crippen molar-refractivity contribution in [3.05, 3.63) is 0 Å². The Balaban J connectivity index is 1.92. The second-order valence-electron chi connectivity index (χ2n) is 3.90. The zero-order valence-electron chi connectivity index (χ0n) is 8.11. The number of amides is 1. The van der Waals surface area contributed by atoms with Crippen LogP contribution in [-0.2, 0) is 9.63 Å². The van der Waals surface area contributed by atoms with Crippen molar-refractivity contribution in [1.29, 1.82) is 0 Å². The highest BCUT2D eigenvalue weighted by Gasteiger charge is 2.30. The number of aliphatic hydroxyl groups is 1. The summed E-state index contributed by atoms with van der Waals surface area (Å²) in [6, 6.07) is 0.134. The van der Waals surface area contributed by atoms with Gasteiger partial charge in [-0.15, -0.1) is 0 Å². The van der Waals surface area contributed by atoms with Crippen molar-refractivity contribution in [2.45, 2.75) is 31.4 Å². The van der Waals surface area contributed by atoms with E-state index in [2.05, 4.69) is 5.32 Å². The van der Waals surface area contributed by atoms with Gasteiger partial charge in [0, 0.05) is 19.0 Å². The maximum absolute atomic E-state index is 11.3. The summed E-state index contributed by atoms with van der Waals surface area (Å²) in [5, 5.41) is 13.9. The van der Waals surface area contributed by atoms with Gasteiger partial charge in [-0.2, -0.15) is 5.06 Å². The number of hydrogen-bond donors (Lipinski definition) is 2. The molecule has 2 fully saturated rings. The number of nitrogens with zero attached hydrogens (tertiary/aromatic N) is 1. The van der Waals surface area contributed by atoms with Gasteiger partial charge in [0.15, 0.2) is 0 Å². The van der Waals surface area contributed by atoms with Crippen LogP contribution >= 0.6 is 0 Å². The third-order valence-electron chi connectivity index (χ3n) is 2.69. The maximum atomic E-state index is 11.3. The zero-order chi connectivity index (χ0) is 9.97. The molecule has 1 amide bonds. The van der Waals surface area contributed by atoms with E-state index in [1.165, 1.54) is 0 Å². The molecule has 0 aromatic carbocycles. The predicted molar refractivity (Wildman–Crippen MR) is 49.3 cm³/mol. The van der Waals surface area contributed by atoms with Gasteiger partial charge in [0.05, 0.1) is 19.3 Å². The molecular formula is C9H16N2O3. The molecule has 0 saturated carbocycles. The molecule has 80 valence electrons. The molecule has 0 radical (unpaired) electrons. The van der Waals surface area contributed by atoms with Crippen LogP contribution in [0.15, 0.2) is 0 Å². The van der Waals surface area contributed by atoms with Gasteiger partial charge in [-0.25, -0.2) is 0 Å². The van der Waals surface area contributed by atoms with Crippen molar-refractivity contribution in [3.8, 4) is 0 Å². The van der Waals surface area contributed by atoms with Gasteiger partial charge in [0.25, 0.3) is 0 Å². The topological polar surface area (TPSA) is 61.8 Å². The molecule has 2 heterocycles. The fourth-order valence-corrected chi connectivity index (χ4v) is 1.95. The molecule has 2 rings (SSSR count). The molecule has 2 N–H and O–H groups in total. The highest BCUT2D eigenvalue weighted by molar-refractivity contribution is 5.76. The minimum atomic E-state index is -0.402. The molecule has 5 nitrogen and oxygen atoms in total. The number of hydroxylamine groups is 2. The summed E-state index contributed by atoms with van der Waals surface area (Å²) in [6.07, 6.45) is 2.01. The number of β-amino-alcohol motifs (C(OH)–C–C–N with tert-alkyl or cyclic N) is 1. The Bertz CT molecular complexity index is 222. The highest BCUT2D eigenvalue weighted by atomic mass is 16.7. The van der Waals surface area contributed by atoms with Crippen LogP contribution in [-0.4, -0.2) is 47.9 Å². The van der Waals surface area contributed by atoms with E-state index in [1.54, 1.807) is 5.06 Å². The number of carbonyl (C=O) groups is 1. The summed E-state index contributed by atoms with van der Waals surface area (Å²) >= 11 is 0. The fraction of sp³-hybridized carbons (Fsp3) is 0.889. The smallest absolute Gasteiger partial charge is 0.221 e. The van der Waals surface area contributed by atoms with E-state index < -0.39 is 6.10 Å². The summed E-state index contributed by atoms with van der Waals surface area (Å²) in [5.74, 6) is 0.0810. The van der Waals surface area contributed by atoms with E-state index in [1.807, 2.05) is 0 Å². The summed E-state index contributed by atoms with van der Waals surface area (Å²) in [7, 11) is 0. The van der Waals surface area contributed by atoms with E-state index in [-0.39, 0.29) is 11.9 Å². The lowest BCUT2D eigenvalue weighted by atomic mass is 10.1. The third kappa shape index (κ3) is 2.23. The quantitative estimate of drug-likeness (QED) is 0.585. The number of rotatable bonds is 1. The van der Waals surface area contributed by atoms with Crippen molar-refractivity contribution in [3.63, 3.8) is 0 Å². The van der Waals surface area contributed by atoms with Gasteiger partial charge in [0.1, 0.15) is 0 Å². The number of nitrogens with one attached hydrogen (secondary N) is 1. The normalized spacial score (nSPS) is 35.4. The minimum Gasteiger partial charge on any atom is -0.389 e. The van der Waals surface area contributed by atoms with Crippen molar-refractivity contribution in [1.82, 2.24) is 10.4 Å². The molecule has 2 atom stereocenters. The maximum Gasteiger partial charge on any atom is 0.221 e. The van der Waals surface area contributed by atoms with Gasteiger partial charge in [-0.1, -0.05) is 0 Å². The minimum absolute atomic E-state index is 0.0810. The summed E-state index contributed by atoms with van der Waals surface area (Å²) in [5.41, 5.74) is 0. The molecule has 0 aromatic rings. The lowest BCUT2D eigenvalue weighted by Crippen LogP contribution is -2.35. The summed E-state index contributed by atoms with van der Waals surface area (Å²) < 4.78 is 0. The second kappa shape index (κ2) is 4.25. The van der Waals surface area contributed by atoms with E-state index in [4.69, 9.17) is 4.84 Å². The van der Waals surface area contributed by atoms with E-state index in [9.17, 15) is 9.90 Å². The Labute approximate surface area is 83.0 Å². The predicted octanol–water partition coefficient (Wildman–Crippen LogP) is -0.737. The molecule has 0 aliphatic carbocycles. The summed E-state index contributed by atoms with van der Waals surface area (Å²) in [4.78, 5) is 16.6. The lowest BCUT2D eigenvalue weighted by Gasteiger charge is -2.23. The van der Waals surface area contributed by atoms with Crippen LogP contribution in [0.4, 0.5) is 0 Å². The first-order chi connectivity index (χ1) is 6.75. The van der Waals surface area contributed by atoms with Crippen molar-refractivity contribution >= 4 is 5.91 Å². The molecule has 0 bridgehead atoms. The van der Waals surface area contributed by atoms with Crippen LogP contribution in [0.2, 0.25) is 0 Å². The molecule has 1 unspecified atom stereocenters.